The molecule has 0 fully saturated rings. The van der Waals surface area contributed by atoms with Gasteiger partial charge < -0.3 is 14.5 Å². The van der Waals surface area contributed by atoms with E-state index in [2.05, 4.69) is 5.32 Å². The molecule has 0 aliphatic carbocycles. The number of nitrogens with zero attached hydrogens (tertiary/aromatic N) is 1. The molecule has 3 aromatic rings. The molecule has 0 bridgehead atoms. The minimum Gasteiger partial charge on any atom is -0.450 e. The SMILES string of the molecule is O=C(COC(=O)c1cc(=O)c2ccccc2o1)Nc1cc([N+](=O)[O-])ccc1F. The highest BCUT2D eigenvalue weighted by atomic mass is 19.1. The van der Waals surface area contributed by atoms with Crippen LogP contribution in [0.15, 0.2) is 57.7 Å². The van der Waals surface area contributed by atoms with Crippen LogP contribution in [0, 0.1) is 15.9 Å². The Bertz CT molecular complexity index is 1160. The van der Waals surface area contributed by atoms with Gasteiger partial charge in [0.1, 0.15) is 11.4 Å². The van der Waals surface area contributed by atoms with E-state index >= 15 is 0 Å². The monoisotopic (exact) mass is 386 g/mol. The summed E-state index contributed by atoms with van der Waals surface area (Å²) in [5, 5.41) is 13.0. The van der Waals surface area contributed by atoms with Crippen LogP contribution < -0.4 is 10.7 Å². The fraction of sp³-hybridized carbons (Fsp3) is 0.0556. The first-order valence-corrected chi connectivity index (χ1v) is 7.79. The number of nitro benzene ring substituents is 1. The van der Waals surface area contributed by atoms with E-state index < -0.39 is 51.8 Å². The summed E-state index contributed by atoms with van der Waals surface area (Å²) in [6, 6.07) is 9.79. The van der Waals surface area contributed by atoms with Gasteiger partial charge in [-0.1, -0.05) is 12.1 Å². The third kappa shape index (κ3) is 4.01. The highest BCUT2D eigenvalue weighted by Gasteiger charge is 2.17. The molecule has 3 rings (SSSR count). The predicted molar refractivity (Wildman–Crippen MR) is 94.5 cm³/mol. The second-order valence-electron chi connectivity index (χ2n) is 5.52. The highest BCUT2D eigenvalue weighted by molar-refractivity contribution is 5.95. The lowest BCUT2D eigenvalue weighted by atomic mass is 10.2. The van der Waals surface area contributed by atoms with Crippen molar-refractivity contribution in [2.24, 2.45) is 0 Å². The molecule has 0 spiro atoms. The number of nitro groups is 1. The standard InChI is InChI=1S/C18H11FN2O7/c19-12-6-5-10(21(25)26)7-13(12)20-17(23)9-27-18(24)16-8-14(22)11-3-1-2-4-15(11)28-16/h1-8H,9H2,(H,20,23). The molecule has 9 nitrogen and oxygen atoms in total. The van der Waals surface area contributed by atoms with Crippen molar-refractivity contribution in [3.8, 4) is 0 Å². The van der Waals surface area contributed by atoms with Crippen LogP contribution in [-0.2, 0) is 9.53 Å². The van der Waals surface area contributed by atoms with Gasteiger partial charge in [-0.15, -0.1) is 0 Å². The number of hydrogen-bond donors (Lipinski definition) is 1. The van der Waals surface area contributed by atoms with E-state index in [1.165, 1.54) is 12.1 Å². The molecule has 0 saturated carbocycles. The van der Waals surface area contributed by atoms with Gasteiger partial charge in [-0.2, -0.15) is 0 Å². The number of esters is 1. The van der Waals surface area contributed by atoms with Gasteiger partial charge in [0.25, 0.3) is 11.6 Å². The van der Waals surface area contributed by atoms with E-state index in [4.69, 9.17) is 9.15 Å². The second kappa shape index (κ2) is 7.66. The number of carbonyl (C=O) groups excluding carboxylic acids is 2. The quantitative estimate of drug-likeness (QED) is 0.405. The number of fused-ring (bicyclic) bond motifs is 1. The van der Waals surface area contributed by atoms with Gasteiger partial charge in [-0.3, -0.25) is 19.7 Å². The van der Waals surface area contributed by atoms with Gasteiger partial charge in [0.15, 0.2) is 12.0 Å². The second-order valence-corrected chi connectivity index (χ2v) is 5.52. The average molecular weight is 386 g/mol. The van der Waals surface area contributed by atoms with Crippen molar-refractivity contribution in [2.45, 2.75) is 0 Å². The van der Waals surface area contributed by atoms with Crippen molar-refractivity contribution in [3.63, 3.8) is 0 Å². The normalized spacial score (nSPS) is 10.5. The molecular formula is C18H11FN2O7. The lowest BCUT2D eigenvalue weighted by Crippen LogP contribution is -2.22. The summed E-state index contributed by atoms with van der Waals surface area (Å²) < 4.78 is 23.7. The molecule has 1 heterocycles. The summed E-state index contributed by atoms with van der Waals surface area (Å²) in [4.78, 5) is 45.8. The molecule has 0 unspecified atom stereocenters. The van der Waals surface area contributed by atoms with E-state index in [0.29, 0.717) is 0 Å². The van der Waals surface area contributed by atoms with Crippen LogP contribution in [0.4, 0.5) is 15.8 Å². The van der Waals surface area contributed by atoms with Crippen LogP contribution in [0.25, 0.3) is 11.0 Å². The number of carbonyl (C=O) groups is 2. The number of halogens is 1. The van der Waals surface area contributed by atoms with Crippen molar-refractivity contribution in [1.82, 2.24) is 0 Å². The minimum atomic E-state index is -1.07. The number of rotatable bonds is 5. The first-order valence-electron chi connectivity index (χ1n) is 7.79. The zero-order valence-corrected chi connectivity index (χ0v) is 14.0. The van der Waals surface area contributed by atoms with Gasteiger partial charge in [0.05, 0.1) is 16.0 Å². The minimum absolute atomic E-state index is 0.171. The number of nitrogens with one attached hydrogen (secondary N) is 1. The van der Waals surface area contributed by atoms with E-state index in [1.54, 1.807) is 12.1 Å². The van der Waals surface area contributed by atoms with Crippen LogP contribution in [0.5, 0.6) is 0 Å². The van der Waals surface area contributed by atoms with Crippen molar-refractivity contribution in [3.05, 3.63) is 80.4 Å². The smallest absolute Gasteiger partial charge is 0.374 e. The third-order valence-electron chi connectivity index (χ3n) is 3.61. The van der Waals surface area contributed by atoms with Crippen LogP contribution in [0.3, 0.4) is 0 Å². The first kappa shape index (κ1) is 18.7. The molecule has 0 aliphatic rings. The van der Waals surface area contributed by atoms with Crippen LogP contribution in [0.1, 0.15) is 10.6 Å². The Morgan fingerprint density at radius 1 is 1.18 bits per heavy atom. The Labute approximate surface area is 155 Å². The summed E-state index contributed by atoms with van der Waals surface area (Å²) in [6.07, 6.45) is 0. The lowest BCUT2D eigenvalue weighted by molar-refractivity contribution is -0.384. The van der Waals surface area contributed by atoms with Gasteiger partial charge in [0, 0.05) is 18.2 Å². The number of amides is 1. The molecule has 0 radical (unpaired) electrons. The lowest BCUT2D eigenvalue weighted by Gasteiger charge is -2.07. The van der Waals surface area contributed by atoms with Crippen LogP contribution in [0.2, 0.25) is 0 Å². The number of anilines is 1. The fourth-order valence-electron chi connectivity index (χ4n) is 2.32. The molecule has 28 heavy (non-hydrogen) atoms. The van der Waals surface area contributed by atoms with Gasteiger partial charge >= 0.3 is 5.97 Å². The van der Waals surface area contributed by atoms with Crippen LogP contribution in [-0.4, -0.2) is 23.4 Å². The molecule has 1 amide bonds. The van der Waals surface area contributed by atoms with E-state index in [0.717, 1.165) is 24.3 Å². The summed E-state index contributed by atoms with van der Waals surface area (Å²) in [6.45, 7) is -0.822. The maximum absolute atomic E-state index is 13.7. The summed E-state index contributed by atoms with van der Waals surface area (Å²) >= 11 is 0. The number of non-ortho nitro benzene ring substituents is 1. The predicted octanol–water partition coefficient (Wildman–Crippen LogP) is 2.64. The molecular weight excluding hydrogens is 375 g/mol. The Morgan fingerprint density at radius 2 is 1.93 bits per heavy atom. The number of ether oxygens (including phenoxy) is 1. The number of benzene rings is 2. The molecule has 0 atom stereocenters. The van der Waals surface area contributed by atoms with Crippen molar-refractivity contribution >= 4 is 34.2 Å². The summed E-state index contributed by atoms with van der Waals surface area (Å²) in [5.41, 5.74) is -1.15. The third-order valence-corrected chi connectivity index (χ3v) is 3.61. The molecule has 2 aromatic carbocycles. The molecule has 0 saturated heterocycles. The van der Waals surface area contributed by atoms with E-state index in [-0.39, 0.29) is 11.0 Å². The Kier molecular flexibility index (Phi) is 5.12. The average Bonchev–Trinajstić information content (AvgIpc) is 2.67. The topological polar surface area (TPSA) is 129 Å². The Balaban J connectivity index is 1.68. The van der Waals surface area contributed by atoms with Gasteiger partial charge in [0.2, 0.25) is 5.76 Å². The molecule has 0 aliphatic heterocycles. The Hall–Kier alpha value is -4.08. The van der Waals surface area contributed by atoms with Crippen molar-refractivity contribution in [1.29, 1.82) is 0 Å². The highest BCUT2D eigenvalue weighted by Crippen LogP contribution is 2.21. The fourth-order valence-corrected chi connectivity index (χ4v) is 2.32. The molecule has 10 heteroatoms. The Morgan fingerprint density at radius 3 is 2.68 bits per heavy atom. The van der Waals surface area contributed by atoms with Gasteiger partial charge in [-0.05, 0) is 18.2 Å². The number of hydrogen-bond acceptors (Lipinski definition) is 7. The molecule has 1 N–H and O–H groups in total. The number of para-hydroxylation sites is 1. The van der Waals surface area contributed by atoms with Crippen molar-refractivity contribution < 1.29 is 28.1 Å². The molecule has 1 aromatic heterocycles. The largest absolute Gasteiger partial charge is 0.450 e. The maximum Gasteiger partial charge on any atom is 0.374 e. The zero-order chi connectivity index (χ0) is 20.3. The van der Waals surface area contributed by atoms with Crippen molar-refractivity contribution in [2.75, 3.05) is 11.9 Å². The van der Waals surface area contributed by atoms with E-state index in [9.17, 15) is 28.9 Å². The summed E-state index contributed by atoms with van der Waals surface area (Å²) in [7, 11) is 0. The van der Waals surface area contributed by atoms with E-state index in [1.807, 2.05) is 0 Å². The molecule has 142 valence electrons. The van der Waals surface area contributed by atoms with Gasteiger partial charge in [-0.25, -0.2) is 9.18 Å². The first-order chi connectivity index (χ1) is 13.3. The maximum atomic E-state index is 13.7. The zero-order valence-electron chi connectivity index (χ0n) is 14.0. The van der Waals surface area contributed by atoms with Crippen LogP contribution >= 0.6 is 0 Å². The summed E-state index contributed by atoms with van der Waals surface area (Å²) in [5.74, 6) is -3.31.